The van der Waals surface area contributed by atoms with Gasteiger partial charge < -0.3 is 0 Å². The summed E-state index contributed by atoms with van der Waals surface area (Å²) in [6, 6.07) is 0. The number of hydrogen-bond acceptors (Lipinski definition) is 0. The van der Waals surface area contributed by atoms with Crippen LogP contribution in [0.4, 0.5) is 0 Å². The average Bonchev–Trinajstić information content (AvgIpc) is 2.71. The van der Waals surface area contributed by atoms with Crippen LogP contribution in [0.3, 0.4) is 0 Å². The molecule has 0 amide bonds. The molecular formula is C30H55Sn. The molecule has 4 aliphatic carbocycles. The van der Waals surface area contributed by atoms with Gasteiger partial charge in [0.1, 0.15) is 0 Å². The third-order valence-corrected chi connectivity index (χ3v) is 18.1. The Balaban J connectivity index is 1.48. The van der Waals surface area contributed by atoms with Gasteiger partial charge in [-0.15, -0.1) is 0 Å². The third kappa shape index (κ3) is 4.69. The fourth-order valence-corrected chi connectivity index (χ4v) is 14.2. The normalized spacial score (nSPS) is 46.4. The molecule has 0 spiro atoms. The summed E-state index contributed by atoms with van der Waals surface area (Å²) in [7, 11) is 0. The predicted molar refractivity (Wildman–Crippen MR) is 139 cm³/mol. The summed E-state index contributed by atoms with van der Waals surface area (Å²) in [6.07, 6.45) is 20.2. The molecule has 4 aliphatic rings. The summed E-state index contributed by atoms with van der Waals surface area (Å²) in [5.74, 6) is 7.11. The molecule has 31 heavy (non-hydrogen) atoms. The number of rotatable bonds is 6. The Kier molecular flexibility index (Phi) is 7.88. The van der Waals surface area contributed by atoms with E-state index in [1.54, 1.807) is 51.4 Å². The van der Waals surface area contributed by atoms with Crippen LogP contribution in [0, 0.1) is 52.3 Å². The zero-order chi connectivity index (χ0) is 22.4. The average molecular weight is 534 g/mol. The van der Waals surface area contributed by atoms with Crippen LogP contribution in [0.1, 0.15) is 118 Å². The van der Waals surface area contributed by atoms with Crippen molar-refractivity contribution >= 4 is 19.8 Å². The SMILES string of the molecule is CC(C)CCCC(C)[C@H]1CCCC2C3CCC4C[CH]([Sn]([CH3])[CH3])CC[C@]4(C)C3CC[C@@]21C. The van der Waals surface area contributed by atoms with Gasteiger partial charge in [-0.1, -0.05) is 20.3 Å². The second-order valence-electron chi connectivity index (χ2n) is 14.1. The quantitative estimate of drug-likeness (QED) is 0.298. The molecule has 0 aliphatic heterocycles. The third-order valence-electron chi connectivity index (χ3n) is 11.9. The zero-order valence-corrected chi connectivity index (χ0v) is 25.2. The standard InChI is InChI=1S/C28H49.2CH3.Sn/c1-20(2)10-8-11-21(3)24-13-9-14-25-23-16-15-22-12-6-7-18-27(22,4)26(23)17-19-28(24,25)5;;;/h6,20-26H,7-19H2,1-5H3;2*1H3;/t21?,22?,23?,24-,25?,26?,27+,28-;;;/m1.../s1. The summed E-state index contributed by atoms with van der Waals surface area (Å²) in [4.78, 5) is 5.36. The molecule has 0 nitrogen and oxygen atoms in total. The predicted octanol–water partition coefficient (Wildman–Crippen LogP) is 9.62. The molecule has 4 fully saturated rings. The van der Waals surface area contributed by atoms with E-state index in [0.717, 1.165) is 41.4 Å². The topological polar surface area (TPSA) is 0 Å². The molecule has 0 N–H and O–H groups in total. The Labute approximate surface area is 203 Å². The van der Waals surface area contributed by atoms with Crippen LogP contribution in [0.2, 0.25) is 13.8 Å². The minimum absolute atomic E-state index is 0.658. The second-order valence-corrected chi connectivity index (χ2v) is 22.6. The van der Waals surface area contributed by atoms with Crippen molar-refractivity contribution in [3.8, 4) is 0 Å². The van der Waals surface area contributed by atoms with Crippen molar-refractivity contribution < 1.29 is 0 Å². The molecule has 179 valence electrons. The van der Waals surface area contributed by atoms with E-state index in [0.29, 0.717) is 10.8 Å². The molecule has 0 heterocycles. The summed E-state index contributed by atoms with van der Waals surface area (Å²) >= 11 is -1.02. The van der Waals surface area contributed by atoms with E-state index in [9.17, 15) is 0 Å². The molecule has 1 radical (unpaired) electrons. The van der Waals surface area contributed by atoms with Gasteiger partial charge in [0.2, 0.25) is 0 Å². The molecule has 9 atom stereocenters. The van der Waals surface area contributed by atoms with Crippen LogP contribution in [-0.4, -0.2) is 19.8 Å². The van der Waals surface area contributed by atoms with E-state index in [1.807, 2.05) is 0 Å². The molecule has 6 unspecified atom stereocenters. The molecule has 4 saturated carbocycles. The van der Waals surface area contributed by atoms with E-state index >= 15 is 0 Å². The van der Waals surface area contributed by atoms with Crippen molar-refractivity contribution in [1.82, 2.24) is 0 Å². The molecule has 0 saturated heterocycles. The van der Waals surface area contributed by atoms with Crippen LogP contribution in [-0.2, 0) is 0 Å². The molecule has 0 aromatic carbocycles. The van der Waals surface area contributed by atoms with Crippen LogP contribution >= 0.6 is 0 Å². The van der Waals surface area contributed by atoms with E-state index in [4.69, 9.17) is 0 Å². The van der Waals surface area contributed by atoms with Crippen molar-refractivity contribution in [2.45, 2.75) is 132 Å². The van der Waals surface area contributed by atoms with Gasteiger partial charge in [-0.3, -0.25) is 0 Å². The van der Waals surface area contributed by atoms with E-state index in [1.165, 1.54) is 36.0 Å². The van der Waals surface area contributed by atoms with Crippen LogP contribution < -0.4 is 0 Å². The van der Waals surface area contributed by atoms with Gasteiger partial charge in [-0.25, -0.2) is 0 Å². The van der Waals surface area contributed by atoms with Gasteiger partial charge >= 0.3 is 178 Å². The molecule has 0 aromatic heterocycles. The maximum atomic E-state index is 2.79. The Morgan fingerprint density at radius 1 is 0.806 bits per heavy atom. The first-order valence-electron chi connectivity index (χ1n) is 14.5. The summed E-state index contributed by atoms with van der Waals surface area (Å²) < 4.78 is 1.21. The van der Waals surface area contributed by atoms with Gasteiger partial charge in [0, 0.05) is 0 Å². The molecule has 1 heteroatoms. The number of fused-ring (bicyclic) bond motifs is 5. The second kappa shape index (κ2) is 9.81. The molecule has 0 aromatic rings. The molecular weight excluding hydrogens is 479 g/mol. The Bertz CT molecular complexity index is 595. The fourth-order valence-electron chi connectivity index (χ4n) is 10.0. The first-order valence-corrected chi connectivity index (χ1v) is 21.8. The van der Waals surface area contributed by atoms with Crippen molar-refractivity contribution in [1.29, 1.82) is 0 Å². The van der Waals surface area contributed by atoms with Gasteiger partial charge in [0.25, 0.3) is 0 Å². The van der Waals surface area contributed by atoms with Gasteiger partial charge in [0.05, 0.1) is 0 Å². The van der Waals surface area contributed by atoms with Crippen molar-refractivity contribution in [2.75, 3.05) is 0 Å². The van der Waals surface area contributed by atoms with E-state index in [2.05, 4.69) is 44.5 Å². The minimum atomic E-state index is -1.02. The van der Waals surface area contributed by atoms with Gasteiger partial charge in [-0.05, 0) is 5.92 Å². The van der Waals surface area contributed by atoms with Gasteiger partial charge in [-0.2, -0.15) is 0 Å². The Morgan fingerprint density at radius 3 is 2.23 bits per heavy atom. The number of hydrogen-bond donors (Lipinski definition) is 0. The van der Waals surface area contributed by atoms with E-state index < -0.39 is 19.8 Å². The summed E-state index contributed by atoms with van der Waals surface area (Å²) in [5.41, 5.74) is 1.36. The Morgan fingerprint density at radius 2 is 1.52 bits per heavy atom. The fraction of sp³-hybridized carbons (Fsp3) is 1.00. The van der Waals surface area contributed by atoms with Crippen LogP contribution in [0.25, 0.3) is 0 Å². The van der Waals surface area contributed by atoms with Crippen molar-refractivity contribution in [3.05, 3.63) is 0 Å². The Hall–Kier alpha value is 0.799. The monoisotopic (exact) mass is 535 g/mol. The van der Waals surface area contributed by atoms with E-state index in [-0.39, 0.29) is 0 Å². The first-order chi connectivity index (χ1) is 14.7. The summed E-state index contributed by atoms with van der Waals surface area (Å²) in [5, 5.41) is 0. The van der Waals surface area contributed by atoms with Crippen molar-refractivity contribution in [2.24, 2.45) is 52.3 Å². The summed E-state index contributed by atoms with van der Waals surface area (Å²) in [6.45, 7) is 13.0. The maximum absolute atomic E-state index is 2.79. The van der Waals surface area contributed by atoms with Gasteiger partial charge in [0.15, 0.2) is 0 Å². The van der Waals surface area contributed by atoms with Crippen molar-refractivity contribution in [3.63, 3.8) is 0 Å². The molecule has 0 bridgehead atoms. The van der Waals surface area contributed by atoms with Crippen LogP contribution in [0.5, 0.6) is 0 Å². The molecule has 4 rings (SSSR count). The zero-order valence-electron chi connectivity index (χ0n) is 22.3. The first kappa shape index (κ1) is 24.9. The van der Waals surface area contributed by atoms with Crippen LogP contribution in [0.15, 0.2) is 0 Å².